The smallest absolute Gasteiger partial charge is 0.350 e. The monoisotopic (exact) mass is 526 g/mol. The van der Waals surface area contributed by atoms with E-state index in [0.29, 0.717) is 0 Å². The van der Waals surface area contributed by atoms with Gasteiger partial charge >= 0.3 is 11.9 Å². The van der Waals surface area contributed by atoms with Crippen LogP contribution < -0.4 is 16.6 Å². The fourth-order valence-electron chi connectivity index (χ4n) is 4.21. The fraction of sp³-hybridized carbons (Fsp3) is 0.192. The predicted octanol–water partition coefficient (Wildman–Crippen LogP) is 4.35. The van der Waals surface area contributed by atoms with Crippen LogP contribution in [0.15, 0.2) is 82.4 Å². The van der Waals surface area contributed by atoms with Crippen molar-refractivity contribution in [3.63, 3.8) is 0 Å². The van der Waals surface area contributed by atoms with Crippen molar-refractivity contribution >= 4 is 22.5 Å². The van der Waals surface area contributed by atoms with Gasteiger partial charge in [0.25, 0.3) is 11.2 Å². The third-order valence-corrected chi connectivity index (χ3v) is 6.02. The number of nitrogens with one attached hydrogen (secondary N) is 1. The fourth-order valence-corrected chi connectivity index (χ4v) is 4.21. The number of hydrogen-bond acceptors (Lipinski definition) is 5. The molecule has 4 rings (SSSR count). The number of hydrogen-bond donors (Lipinski definition) is 1. The van der Waals surface area contributed by atoms with Gasteiger partial charge in [0.05, 0.1) is 27.1 Å². The highest BCUT2D eigenvalue weighted by atomic mass is 19.4. The third-order valence-electron chi connectivity index (χ3n) is 6.02. The van der Waals surface area contributed by atoms with Crippen LogP contribution in [0.2, 0.25) is 0 Å². The predicted molar refractivity (Wildman–Crippen MR) is 133 cm³/mol. The van der Waals surface area contributed by atoms with Crippen LogP contribution in [0.25, 0.3) is 16.6 Å². The van der Waals surface area contributed by atoms with Crippen LogP contribution in [0.1, 0.15) is 30.5 Å². The number of benzene rings is 3. The van der Waals surface area contributed by atoms with E-state index in [0.717, 1.165) is 27.3 Å². The summed E-state index contributed by atoms with van der Waals surface area (Å²) in [5.74, 6) is -0.651. The zero-order chi connectivity index (χ0) is 27.6. The summed E-state index contributed by atoms with van der Waals surface area (Å²) in [4.78, 5) is 50.8. The quantitative estimate of drug-likeness (QED) is 0.284. The van der Waals surface area contributed by atoms with Gasteiger partial charge in [0.1, 0.15) is 6.04 Å². The molecule has 0 aliphatic rings. The number of fused-ring (bicyclic) bond motifs is 1. The maximum absolute atomic E-state index is 13.7. The summed E-state index contributed by atoms with van der Waals surface area (Å²) in [5, 5.41) is 13.9. The van der Waals surface area contributed by atoms with E-state index in [4.69, 9.17) is 0 Å². The Balaban J connectivity index is 1.79. The molecule has 0 spiro atoms. The van der Waals surface area contributed by atoms with E-state index >= 15 is 0 Å². The van der Waals surface area contributed by atoms with Crippen molar-refractivity contribution in [3.05, 3.63) is 115 Å². The van der Waals surface area contributed by atoms with Crippen LogP contribution in [0.5, 0.6) is 0 Å². The number of nitro groups is 1. The normalized spacial score (nSPS) is 12.3. The third kappa shape index (κ3) is 5.05. The molecule has 0 saturated heterocycles. The minimum absolute atomic E-state index is 0.0482. The molecule has 3 aromatic carbocycles. The molecule has 9 nitrogen and oxygen atoms in total. The molecule has 1 heterocycles. The lowest BCUT2D eigenvalue weighted by Crippen LogP contribution is -2.44. The molecule has 38 heavy (non-hydrogen) atoms. The van der Waals surface area contributed by atoms with Crippen molar-refractivity contribution in [3.8, 4) is 5.69 Å². The van der Waals surface area contributed by atoms with Crippen molar-refractivity contribution in [2.75, 3.05) is 0 Å². The van der Waals surface area contributed by atoms with E-state index in [9.17, 15) is 37.7 Å². The lowest BCUT2D eigenvalue weighted by atomic mass is 10.1. The molecule has 1 N–H and O–H groups in total. The van der Waals surface area contributed by atoms with Crippen LogP contribution in [-0.2, 0) is 17.5 Å². The van der Waals surface area contributed by atoms with E-state index in [1.807, 2.05) is 0 Å². The largest absolute Gasteiger partial charge is 0.416 e. The highest BCUT2D eigenvalue weighted by Gasteiger charge is 2.30. The number of non-ortho nitro benzene ring substituents is 1. The number of para-hydroxylation sites is 1. The molecule has 1 aromatic heterocycles. The van der Waals surface area contributed by atoms with E-state index in [1.165, 1.54) is 42.5 Å². The van der Waals surface area contributed by atoms with Gasteiger partial charge in [-0.05, 0) is 42.3 Å². The van der Waals surface area contributed by atoms with E-state index in [-0.39, 0.29) is 40.8 Å². The summed E-state index contributed by atoms with van der Waals surface area (Å²) in [5.41, 5.74) is -2.47. The van der Waals surface area contributed by atoms with Gasteiger partial charge in [0.15, 0.2) is 0 Å². The molecule has 0 radical (unpaired) electrons. The Kier molecular flexibility index (Phi) is 7.15. The number of nitrogens with zero attached hydrogens (tertiary/aromatic N) is 3. The summed E-state index contributed by atoms with van der Waals surface area (Å²) < 4.78 is 41.0. The molecule has 4 aromatic rings. The average Bonchev–Trinajstić information content (AvgIpc) is 2.89. The zero-order valence-electron chi connectivity index (χ0n) is 19.9. The molecule has 12 heteroatoms. The first-order chi connectivity index (χ1) is 18.0. The first kappa shape index (κ1) is 26.3. The van der Waals surface area contributed by atoms with Gasteiger partial charge in [0.2, 0.25) is 5.91 Å². The maximum atomic E-state index is 13.7. The van der Waals surface area contributed by atoms with Crippen molar-refractivity contribution in [2.24, 2.45) is 0 Å². The summed E-state index contributed by atoms with van der Waals surface area (Å²) in [6.07, 6.45) is -4.44. The standard InChI is InChI=1S/C26H21F3N4O5/c1-2-21(23(34)30-15-16-7-5-8-17(13-16)26(27,28)29)32-22-12-4-3-11-20(22)24(35)31(25(32)36)18-9-6-10-19(14-18)33(37)38/h3-14,21H,2,15H2,1H3,(H,30,34)/t21-/m0/s1. The number of alkyl halides is 3. The van der Waals surface area contributed by atoms with E-state index in [2.05, 4.69) is 5.32 Å². The molecule has 0 aliphatic heterocycles. The molecule has 0 unspecified atom stereocenters. The molecule has 0 aliphatic carbocycles. The second-order valence-electron chi connectivity index (χ2n) is 8.43. The summed E-state index contributed by atoms with van der Waals surface area (Å²) in [7, 11) is 0. The lowest BCUT2D eigenvalue weighted by molar-refractivity contribution is -0.384. The number of carbonyl (C=O) groups is 1. The summed E-state index contributed by atoms with van der Waals surface area (Å²) in [6, 6.07) is 14.5. The minimum Gasteiger partial charge on any atom is -0.350 e. The van der Waals surface area contributed by atoms with Crippen LogP contribution in [0, 0.1) is 10.1 Å². The Bertz CT molecular complexity index is 1660. The first-order valence-electron chi connectivity index (χ1n) is 11.5. The highest BCUT2D eigenvalue weighted by Crippen LogP contribution is 2.29. The number of rotatable bonds is 7. The zero-order valence-corrected chi connectivity index (χ0v) is 19.9. The first-order valence-corrected chi connectivity index (χ1v) is 11.5. The Hall–Kier alpha value is -4.74. The second kappa shape index (κ2) is 10.3. The molecule has 1 amide bonds. The van der Waals surface area contributed by atoms with Gasteiger partial charge in [-0.25, -0.2) is 9.36 Å². The van der Waals surface area contributed by atoms with Crippen LogP contribution in [-0.4, -0.2) is 20.0 Å². The van der Waals surface area contributed by atoms with Gasteiger partial charge < -0.3 is 5.32 Å². The van der Waals surface area contributed by atoms with Gasteiger partial charge in [-0.15, -0.1) is 0 Å². The number of aromatic nitrogens is 2. The van der Waals surface area contributed by atoms with Crippen molar-refractivity contribution in [1.29, 1.82) is 0 Å². The molecular weight excluding hydrogens is 505 g/mol. The number of nitro benzene ring substituents is 1. The van der Waals surface area contributed by atoms with E-state index in [1.54, 1.807) is 19.1 Å². The molecule has 0 saturated carbocycles. The van der Waals surface area contributed by atoms with Crippen molar-refractivity contribution in [2.45, 2.75) is 32.1 Å². The minimum atomic E-state index is -4.54. The summed E-state index contributed by atoms with van der Waals surface area (Å²) in [6.45, 7) is 1.41. The topological polar surface area (TPSA) is 116 Å². The lowest BCUT2D eigenvalue weighted by Gasteiger charge is -2.21. The SMILES string of the molecule is CC[C@@H](C(=O)NCc1cccc(C(F)(F)F)c1)n1c(=O)n(-c2cccc([N+](=O)[O-])c2)c(=O)c2ccccc21. The van der Waals surface area contributed by atoms with Gasteiger partial charge in [0, 0.05) is 18.7 Å². The van der Waals surface area contributed by atoms with Gasteiger partial charge in [-0.3, -0.25) is 24.3 Å². The van der Waals surface area contributed by atoms with Crippen LogP contribution in [0.4, 0.5) is 18.9 Å². The van der Waals surface area contributed by atoms with Crippen molar-refractivity contribution < 1.29 is 22.9 Å². The van der Waals surface area contributed by atoms with Gasteiger partial charge in [-0.1, -0.05) is 37.3 Å². The second-order valence-corrected chi connectivity index (χ2v) is 8.43. The Labute approximate surface area is 212 Å². The Morgan fingerprint density at radius 3 is 2.42 bits per heavy atom. The Morgan fingerprint density at radius 1 is 1.03 bits per heavy atom. The van der Waals surface area contributed by atoms with Gasteiger partial charge in [-0.2, -0.15) is 13.2 Å². The number of amides is 1. The highest BCUT2D eigenvalue weighted by molar-refractivity contribution is 5.84. The van der Waals surface area contributed by atoms with E-state index < -0.39 is 39.9 Å². The average molecular weight is 526 g/mol. The molecule has 1 atom stereocenters. The molecular formula is C26H21F3N4O5. The Morgan fingerprint density at radius 2 is 1.74 bits per heavy atom. The van der Waals surface area contributed by atoms with Crippen LogP contribution in [0.3, 0.4) is 0 Å². The molecule has 0 fully saturated rings. The van der Waals surface area contributed by atoms with Crippen LogP contribution >= 0.6 is 0 Å². The van der Waals surface area contributed by atoms with Crippen molar-refractivity contribution in [1.82, 2.24) is 14.5 Å². The molecule has 0 bridgehead atoms. The number of carbonyl (C=O) groups excluding carboxylic acids is 1. The maximum Gasteiger partial charge on any atom is 0.416 e. The molecule has 196 valence electrons. The number of halogens is 3. The summed E-state index contributed by atoms with van der Waals surface area (Å²) >= 11 is 0.